The van der Waals surface area contributed by atoms with E-state index < -0.39 is 0 Å². The summed E-state index contributed by atoms with van der Waals surface area (Å²) in [7, 11) is 0. The molecule has 1 aromatic rings. The monoisotopic (exact) mass is 202 g/mol. The molecule has 15 heavy (non-hydrogen) atoms. The Bertz CT molecular complexity index is 365. The SMILES string of the molecule is Cc1ccccc1N/C=C\C(=N)C(C)C. The normalized spacial score (nSPS) is 10.9. The Kier molecular flexibility index (Phi) is 4.10. The summed E-state index contributed by atoms with van der Waals surface area (Å²) in [5, 5.41) is 10.8. The maximum atomic E-state index is 7.64. The molecule has 0 heterocycles. The van der Waals surface area contributed by atoms with Gasteiger partial charge in [0.05, 0.1) is 0 Å². The van der Waals surface area contributed by atoms with Crippen LogP contribution in [-0.4, -0.2) is 5.71 Å². The summed E-state index contributed by atoms with van der Waals surface area (Å²) in [6.07, 6.45) is 3.63. The van der Waals surface area contributed by atoms with Crippen molar-refractivity contribution in [2.24, 2.45) is 5.92 Å². The van der Waals surface area contributed by atoms with Crippen molar-refractivity contribution in [3.63, 3.8) is 0 Å². The average molecular weight is 202 g/mol. The molecule has 0 amide bonds. The minimum Gasteiger partial charge on any atom is -0.361 e. The van der Waals surface area contributed by atoms with Gasteiger partial charge in [0.2, 0.25) is 0 Å². The first-order valence-electron chi connectivity index (χ1n) is 5.18. The molecular formula is C13H18N2. The summed E-state index contributed by atoms with van der Waals surface area (Å²) in [6, 6.07) is 8.10. The van der Waals surface area contributed by atoms with E-state index in [1.54, 1.807) is 6.08 Å². The Balaban J connectivity index is 2.58. The van der Waals surface area contributed by atoms with Crippen LogP contribution >= 0.6 is 0 Å². The van der Waals surface area contributed by atoms with E-state index in [0.717, 1.165) is 5.69 Å². The Hall–Kier alpha value is -1.57. The smallest absolute Gasteiger partial charge is 0.0409 e. The van der Waals surface area contributed by atoms with Crippen LogP contribution in [0.15, 0.2) is 36.5 Å². The van der Waals surface area contributed by atoms with E-state index in [1.165, 1.54) is 5.56 Å². The molecule has 1 rings (SSSR count). The highest BCUT2D eigenvalue weighted by Crippen LogP contribution is 2.12. The largest absolute Gasteiger partial charge is 0.361 e. The Morgan fingerprint density at radius 2 is 2.00 bits per heavy atom. The molecular weight excluding hydrogens is 184 g/mol. The second-order valence-corrected chi connectivity index (χ2v) is 3.90. The van der Waals surface area contributed by atoms with Gasteiger partial charge in [-0.1, -0.05) is 32.0 Å². The van der Waals surface area contributed by atoms with E-state index in [4.69, 9.17) is 5.41 Å². The third-order valence-corrected chi connectivity index (χ3v) is 2.27. The third-order valence-electron chi connectivity index (χ3n) is 2.27. The van der Waals surface area contributed by atoms with E-state index in [0.29, 0.717) is 5.71 Å². The number of rotatable bonds is 4. The molecule has 0 bridgehead atoms. The van der Waals surface area contributed by atoms with Crippen LogP contribution in [0.3, 0.4) is 0 Å². The van der Waals surface area contributed by atoms with Crippen molar-refractivity contribution >= 4 is 11.4 Å². The fourth-order valence-electron chi connectivity index (χ4n) is 1.15. The summed E-state index contributed by atoms with van der Waals surface area (Å²) in [5.74, 6) is 0.278. The molecule has 0 atom stereocenters. The predicted octanol–water partition coefficient (Wildman–Crippen LogP) is 3.60. The molecule has 0 radical (unpaired) electrons. The number of hydrogen-bond acceptors (Lipinski definition) is 2. The van der Waals surface area contributed by atoms with Crippen LogP contribution in [0.5, 0.6) is 0 Å². The quantitative estimate of drug-likeness (QED) is 0.719. The molecule has 0 fully saturated rings. The number of para-hydroxylation sites is 1. The minimum atomic E-state index is 0.278. The first kappa shape index (κ1) is 11.5. The summed E-state index contributed by atoms with van der Waals surface area (Å²) < 4.78 is 0. The molecule has 0 unspecified atom stereocenters. The summed E-state index contributed by atoms with van der Waals surface area (Å²) in [4.78, 5) is 0. The van der Waals surface area contributed by atoms with Gasteiger partial charge in [-0.15, -0.1) is 0 Å². The molecule has 2 heteroatoms. The average Bonchev–Trinajstić information content (AvgIpc) is 2.20. The van der Waals surface area contributed by atoms with Crippen molar-refractivity contribution in [1.82, 2.24) is 0 Å². The lowest BCUT2D eigenvalue weighted by molar-refractivity contribution is 0.882. The minimum absolute atomic E-state index is 0.278. The van der Waals surface area contributed by atoms with Gasteiger partial charge in [-0.2, -0.15) is 0 Å². The topological polar surface area (TPSA) is 35.9 Å². The standard InChI is InChI=1S/C13H18N2/c1-10(2)12(14)8-9-15-13-7-5-4-6-11(13)3/h4-10,14-15H,1-3H3/b9-8-,14-12?. The van der Waals surface area contributed by atoms with Crippen molar-refractivity contribution in [3.8, 4) is 0 Å². The third kappa shape index (κ3) is 3.58. The summed E-state index contributed by atoms with van der Waals surface area (Å²) >= 11 is 0. The second-order valence-electron chi connectivity index (χ2n) is 3.90. The highest BCUT2D eigenvalue weighted by atomic mass is 14.8. The second kappa shape index (κ2) is 5.35. The van der Waals surface area contributed by atoms with Crippen molar-refractivity contribution in [2.75, 3.05) is 5.32 Å². The molecule has 0 aliphatic rings. The number of aryl methyl sites for hydroxylation is 1. The van der Waals surface area contributed by atoms with Crippen molar-refractivity contribution in [3.05, 3.63) is 42.1 Å². The molecule has 2 nitrogen and oxygen atoms in total. The van der Waals surface area contributed by atoms with Crippen LogP contribution in [0, 0.1) is 18.3 Å². The number of allylic oxidation sites excluding steroid dienone is 1. The van der Waals surface area contributed by atoms with E-state index in [2.05, 4.69) is 18.3 Å². The van der Waals surface area contributed by atoms with Gasteiger partial charge in [0.1, 0.15) is 0 Å². The van der Waals surface area contributed by atoms with E-state index >= 15 is 0 Å². The zero-order chi connectivity index (χ0) is 11.3. The van der Waals surface area contributed by atoms with Gasteiger partial charge in [0, 0.05) is 17.6 Å². The lowest BCUT2D eigenvalue weighted by atomic mass is 10.1. The molecule has 0 aliphatic heterocycles. The number of benzene rings is 1. The molecule has 2 N–H and O–H groups in total. The highest BCUT2D eigenvalue weighted by Gasteiger charge is 1.97. The van der Waals surface area contributed by atoms with E-state index in [1.807, 2.05) is 38.2 Å². The van der Waals surface area contributed by atoms with Gasteiger partial charge >= 0.3 is 0 Å². The number of hydrogen-bond donors (Lipinski definition) is 2. The lowest BCUT2D eigenvalue weighted by Crippen LogP contribution is -2.02. The van der Waals surface area contributed by atoms with Crippen LogP contribution in [0.4, 0.5) is 5.69 Å². The maximum absolute atomic E-state index is 7.64. The first-order valence-corrected chi connectivity index (χ1v) is 5.18. The Morgan fingerprint density at radius 1 is 1.33 bits per heavy atom. The van der Waals surface area contributed by atoms with Crippen molar-refractivity contribution < 1.29 is 0 Å². The fraction of sp³-hybridized carbons (Fsp3) is 0.308. The van der Waals surface area contributed by atoms with Gasteiger partial charge in [-0.05, 0) is 30.5 Å². The Morgan fingerprint density at radius 3 is 2.60 bits per heavy atom. The molecule has 1 aromatic carbocycles. The summed E-state index contributed by atoms with van der Waals surface area (Å²) in [5.41, 5.74) is 2.93. The number of nitrogens with one attached hydrogen (secondary N) is 2. The molecule has 0 saturated heterocycles. The van der Waals surface area contributed by atoms with Crippen molar-refractivity contribution in [2.45, 2.75) is 20.8 Å². The maximum Gasteiger partial charge on any atom is 0.0409 e. The molecule has 80 valence electrons. The first-order chi connectivity index (χ1) is 7.11. The summed E-state index contributed by atoms with van der Waals surface area (Å²) in [6.45, 7) is 6.09. The molecule has 0 aromatic heterocycles. The van der Waals surface area contributed by atoms with Gasteiger partial charge in [-0.3, -0.25) is 0 Å². The van der Waals surface area contributed by atoms with Gasteiger partial charge in [0.15, 0.2) is 0 Å². The zero-order valence-electron chi connectivity index (χ0n) is 9.54. The van der Waals surface area contributed by atoms with Crippen LogP contribution in [-0.2, 0) is 0 Å². The van der Waals surface area contributed by atoms with Gasteiger partial charge in [0.25, 0.3) is 0 Å². The van der Waals surface area contributed by atoms with Gasteiger partial charge < -0.3 is 10.7 Å². The predicted molar refractivity (Wildman–Crippen MR) is 66.5 cm³/mol. The van der Waals surface area contributed by atoms with Crippen LogP contribution in [0.25, 0.3) is 0 Å². The molecule has 0 saturated carbocycles. The molecule has 0 spiro atoms. The van der Waals surface area contributed by atoms with Crippen LogP contribution in [0.2, 0.25) is 0 Å². The fourth-order valence-corrected chi connectivity index (χ4v) is 1.15. The van der Waals surface area contributed by atoms with Gasteiger partial charge in [-0.25, -0.2) is 0 Å². The zero-order valence-corrected chi connectivity index (χ0v) is 9.54. The van der Waals surface area contributed by atoms with Crippen LogP contribution in [0.1, 0.15) is 19.4 Å². The van der Waals surface area contributed by atoms with E-state index in [9.17, 15) is 0 Å². The Labute approximate surface area is 91.5 Å². The molecule has 0 aliphatic carbocycles. The number of anilines is 1. The van der Waals surface area contributed by atoms with Crippen molar-refractivity contribution in [1.29, 1.82) is 5.41 Å². The van der Waals surface area contributed by atoms with E-state index in [-0.39, 0.29) is 5.92 Å². The highest BCUT2D eigenvalue weighted by molar-refractivity contribution is 5.93. The lowest BCUT2D eigenvalue weighted by Gasteiger charge is -2.05. The van der Waals surface area contributed by atoms with Crippen LogP contribution < -0.4 is 5.32 Å².